The summed E-state index contributed by atoms with van der Waals surface area (Å²) >= 11 is 3.22. The summed E-state index contributed by atoms with van der Waals surface area (Å²) in [6.45, 7) is 0. The van der Waals surface area contributed by atoms with Crippen LogP contribution in [0.2, 0.25) is 0 Å². The van der Waals surface area contributed by atoms with Crippen LogP contribution in [0.25, 0.3) is 31.3 Å². The predicted octanol–water partition coefficient (Wildman–Crippen LogP) is 10.6. The number of anilines is 2. The zero-order valence-corrected chi connectivity index (χ0v) is 22.8. The van der Waals surface area contributed by atoms with Crippen LogP contribution in [0.15, 0.2) is 143 Å². The molecule has 0 amide bonds. The van der Waals surface area contributed by atoms with Crippen LogP contribution >= 0.6 is 23.1 Å². The van der Waals surface area contributed by atoms with E-state index in [1.807, 2.05) is 30.0 Å². The first-order valence-corrected chi connectivity index (χ1v) is 14.9. The normalized spacial score (nSPS) is 15.5. The van der Waals surface area contributed by atoms with E-state index >= 15 is 0 Å². The van der Waals surface area contributed by atoms with Gasteiger partial charge in [0.05, 0.1) is 10.9 Å². The van der Waals surface area contributed by atoms with E-state index in [2.05, 4.69) is 96.3 Å². The van der Waals surface area contributed by atoms with E-state index in [0.717, 1.165) is 21.5 Å². The SMILES string of the molecule is [2H]c1c([2H])c([2H])c2c(sc3cccc(Nc4ccc5c(c4)C4(c6ccccc6S5)c5ccccc5-c5ccccc54)c32)c1[2H]. The molecule has 1 aliphatic heterocycles. The Morgan fingerprint density at radius 2 is 1.30 bits per heavy atom. The van der Waals surface area contributed by atoms with Crippen molar-refractivity contribution in [1.29, 1.82) is 0 Å². The fourth-order valence-electron chi connectivity index (χ4n) is 6.73. The minimum Gasteiger partial charge on any atom is -0.355 e. The summed E-state index contributed by atoms with van der Waals surface area (Å²) in [6.07, 6.45) is 0. The number of fused-ring (bicyclic) bond motifs is 12. The molecule has 2 heterocycles. The molecule has 7 aromatic rings. The molecular formula is C37H23NS2. The van der Waals surface area contributed by atoms with Gasteiger partial charge in [-0.1, -0.05) is 103 Å². The molecule has 1 aromatic heterocycles. The molecule has 188 valence electrons. The van der Waals surface area contributed by atoms with E-state index in [1.54, 1.807) is 0 Å². The monoisotopic (exact) mass is 549 g/mol. The largest absolute Gasteiger partial charge is 0.355 e. The lowest BCUT2D eigenvalue weighted by molar-refractivity contribution is 0.723. The molecule has 0 saturated heterocycles. The van der Waals surface area contributed by atoms with Crippen molar-refractivity contribution in [3.63, 3.8) is 0 Å². The summed E-state index contributed by atoms with van der Waals surface area (Å²) in [5, 5.41) is 5.07. The number of benzene rings is 6. The number of nitrogens with one attached hydrogen (secondary N) is 1. The van der Waals surface area contributed by atoms with Crippen LogP contribution in [0.5, 0.6) is 0 Å². The van der Waals surface area contributed by atoms with Gasteiger partial charge < -0.3 is 5.32 Å². The van der Waals surface area contributed by atoms with Crippen molar-refractivity contribution in [2.24, 2.45) is 0 Å². The first-order chi connectivity index (χ1) is 21.5. The second-order valence-electron chi connectivity index (χ2n) is 10.3. The van der Waals surface area contributed by atoms with Gasteiger partial charge in [-0.25, -0.2) is 0 Å². The highest BCUT2D eigenvalue weighted by atomic mass is 32.2. The number of hydrogen-bond acceptors (Lipinski definition) is 3. The topological polar surface area (TPSA) is 12.0 Å². The highest BCUT2D eigenvalue weighted by Gasteiger charge is 2.50. The molecule has 1 spiro atoms. The maximum Gasteiger partial charge on any atom is 0.0736 e. The summed E-state index contributed by atoms with van der Waals surface area (Å²) < 4.78 is 35.3. The molecule has 9 rings (SSSR count). The molecule has 1 nitrogen and oxygen atoms in total. The molecule has 0 saturated carbocycles. The number of hydrogen-bond donors (Lipinski definition) is 1. The van der Waals surface area contributed by atoms with Gasteiger partial charge in [0.2, 0.25) is 0 Å². The summed E-state index contributed by atoms with van der Waals surface area (Å²) in [4.78, 5) is 2.48. The van der Waals surface area contributed by atoms with Crippen LogP contribution in [0, 0.1) is 0 Å². The molecular weight excluding hydrogens is 523 g/mol. The lowest BCUT2D eigenvalue weighted by atomic mass is 9.67. The van der Waals surface area contributed by atoms with Gasteiger partial charge in [0.1, 0.15) is 0 Å². The number of thiophene rings is 1. The third-order valence-electron chi connectivity index (χ3n) is 8.27. The molecule has 3 heteroatoms. The Kier molecular flexibility index (Phi) is 3.94. The van der Waals surface area contributed by atoms with Gasteiger partial charge in [0.25, 0.3) is 0 Å². The van der Waals surface area contributed by atoms with Gasteiger partial charge in [-0.15, -0.1) is 11.3 Å². The van der Waals surface area contributed by atoms with Crippen molar-refractivity contribution in [3.8, 4) is 11.1 Å². The van der Waals surface area contributed by atoms with Crippen LogP contribution in [-0.2, 0) is 5.41 Å². The van der Waals surface area contributed by atoms with Crippen molar-refractivity contribution in [1.82, 2.24) is 0 Å². The molecule has 0 fully saturated rings. The van der Waals surface area contributed by atoms with Gasteiger partial charge in [-0.05, 0) is 75.8 Å². The summed E-state index contributed by atoms with van der Waals surface area (Å²) in [6, 6.07) is 38.5. The quantitative estimate of drug-likeness (QED) is 0.230. The Hall–Kier alpha value is -4.31. The third kappa shape index (κ3) is 2.94. The fourth-order valence-corrected chi connectivity index (χ4v) is 8.94. The fraction of sp³-hybridized carbons (Fsp3) is 0.0270. The summed E-state index contributed by atoms with van der Waals surface area (Å²) in [5.41, 5.74) is 8.89. The summed E-state index contributed by atoms with van der Waals surface area (Å²) in [5.74, 6) is 0. The Balaban J connectivity index is 1.29. The second kappa shape index (κ2) is 8.34. The molecule has 1 N–H and O–H groups in total. The van der Waals surface area contributed by atoms with E-state index in [4.69, 9.17) is 5.48 Å². The number of rotatable bonds is 2. The second-order valence-corrected chi connectivity index (χ2v) is 12.4. The van der Waals surface area contributed by atoms with Crippen molar-refractivity contribution >= 4 is 54.6 Å². The Labute approximate surface area is 246 Å². The van der Waals surface area contributed by atoms with Crippen molar-refractivity contribution in [3.05, 3.63) is 156 Å². The van der Waals surface area contributed by atoms with E-state index in [0.29, 0.717) is 10.1 Å². The van der Waals surface area contributed by atoms with Crippen LogP contribution in [0.4, 0.5) is 11.4 Å². The standard InChI is InChI=1S/C37H23NS2/c1-4-13-27-24(10-1)25-11-2-5-14-28(25)37(27)29-15-6-8-18-33(29)40-34-21-20-23(22-30(34)37)38-31-16-9-19-35-36(31)26-12-3-7-17-32(26)39-35/h1-22,38H/i3D,7D,12D,17D. The zero-order valence-electron chi connectivity index (χ0n) is 25.2. The predicted molar refractivity (Wildman–Crippen MR) is 170 cm³/mol. The van der Waals surface area contributed by atoms with E-state index in [1.165, 1.54) is 54.5 Å². The van der Waals surface area contributed by atoms with Crippen LogP contribution < -0.4 is 5.32 Å². The zero-order chi connectivity index (χ0) is 29.7. The van der Waals surface area contributed by atoms with E-state index in [9.17, 15) is 0 Å². The third-order valence-corrected chi connectivity index (χ3v) is 10.5. The molecule has 0 atom stereocenters. The Morgan fingerprint density at radius 1 is 0.600 bits per heavy atom. The van der Waals surface area contributed by atoms with Gasteiger partial charge in [-0.2, -0.15) is 0 Å². The maximum absolute atomic E-state index is 8.73. The Morgan fingerprint density at radius 3 is 2.12 bits per heavy atom. The molecule has 0 bridgehead atoms. The van der Waals surface area contributed by atoms with E-state index in [-0.39, 0.29) is 24.2 Å². The maximum atomic E-state index is 8.73. The molecule has 0 radical (unpaired) electrons. The lowest BCUT2D eigenvalue weighted by Gasteiger charge is -2.40. The minimum atomic E-state index is -0.470. The van der Waals surface area contributed by atoms with Gasteiger partial charge in [-0.3, -0.25) is 0 Å². The smallest absolute Gasteiger partial charge is 0.0736 e. The first-order valence-electron chi connectivity index (χ1n) is 15.3. The van der Waals surface area contributed by atoms with Crippen molar-refractivity contribution < 1.29 is 5.48 Å². The van der Waals surface area contributed by atoms with Gasteiger partial charge in [0, 0.05) is 41.3 Å². The molecule has 6 aromatic carbocycles. The lowest BCUT2D eigenvalue weighted by Crippen LogP contribution is -2.32. The average molecular weight is 550 g/mol. The first kappa shape index (κ1) is 18.9. The van der Waals surface area contributed by atoms with Crippen molar-refractivity contribution in [2.45, 2.75) is 15.2 Å². The van der Waals surface area contributed by atoms with Crippen LogP contribution in [0.3, 0.4) is 0 Å². The van der Waals surface area contributed by atoms with E-state index < -0.39 is 5.41 Å². The summed E-state index contributed by atoms with van der Waals surface area (Å²) in [7, 11) is 0. The highest BCUT2D eigenvalue weighted by molar-refractivity contribution is 7.99. The molecule has 0 unspecified atom stereocenters. The van der Waals surface area contributed by atoms with Crippen molar-refractivity contribution in [2.75, 3.05) is 5.32 Å². The average Bonchev–Trinajstić information content (AvgIpc) is 3.59. The van der Waals surface area contributed by atoms with Crippen LogP contribution in [0.1, 0.15) is 27.7 Å². The van der Waals surface area contributed by atoms with Crippen LogP contribution in [-0.4, -0.2) is 0 Å². The van der Waals surface area contributed by atoms with Gasteiger partial charge in [0.15, 0.2) is 0 Å². The molecule has 40 heavy (non-hydrogen) atoms. The minimum absolute atomic E-state index is 0.00179. The molecule has 1 aliphatic carbocycles. The highest BCUT2D eigenvalue weighted by Crippen LogP contribution is 2.62. The van der Waals surface area contributed by atoms with Gasteiger partial charge >= 0.3 is 0 Å². The Bertz CT molecular complexity index is 2310. The molecule has 2 aliphatic rings.